The minimum Gasteiger partial charge on any atom is -0.497 e. The SMILES string of the molecule is COCCCN1CCOc2ccc(COC3CN(C(=O)OCCCCCCON(O)O)C(CC(=O)NCc4ccccc4)CC3c3ccc(OC)cc3)cc21. The van der Waals surface area contributed by atoms with Gasteiger partial charge in [-0.15, -0.1) is 0 Å². The Labute approximate surface area is 323 Å². The maximum absolute atomic E-state index is 13.8. The van der Waals surface area contributed by atoms with Gasteiger partial charge in [0.05, 0.1) is 57.2 Å². The van der Waals surface area contributed by atoms with Crippen LogP contribution in [0.5, 0.6) is 11.5 Å². The highest BCUT2D eigenvalue weighted by Crippen LogP contribution is 2.38. The fourth-order valence-corrected chi connectivity index (χ4v) is 7.10. The van der Waals surface area contributed by atoms with Gasteiger partial charge in [-0.1, -0.05) is 55.0 Å². The van der Waals surface area contributed by atoms with Gasteiger partial charge in [0.15, 0.2) is 0 Å². The van der Waals surface area contributed by atoms with E-state index in [0.29, 0.717) is 45.6 Å². The fraction of sp³-hybridized carbons (Fsp3) is 0.512. The first-order chi connectivity index (χ1) is 26.8. The van der Waals surface area contributed by atoms with Gasteiger partial charge in [0.2, 0.25) is 5.91 Å². The molecule has 55 heavy (non-hydrogen) atoms. The Morgan fingerprint density at radius 1 is 0.909 bits per heavy atom. The lowest BCUT2D eigenvalue weighted by Crippen LogP contribution is -2.53. The topological polar surface area (TPSA) is 152 Å². The van der Waals surface area contributed by atoms with Crippen molar-refractivity contribution in [2.45, 2.75) is 76.2 Å². The summed E-state index contributed by atoms with van der Waals surface area (Å²) >= 11 is 0. The largest absolute Gasteiger partial charge is 0.497 e. The number of hydrogen-bond donors (Lipinski definition) is 3. The van der Waals surface area contributed by atoms with Gasteiger partial charge in [-0.05, 0) is 73.1 Å². The molecule has 2 aliphatic heterocycles. The van der Waals surface area contributed by atoms with Crippen molar-refractivity contribution in [2.75, 3.05) is 65.2 Å². The lowest BCUT2D eigenvalue weighted by atomic mass is 9.82. The van der Waals surface area contributed by atoms with E-state index in [1.54, 1.807) is 19.1 Å². The van der Waals surface area contributed by atoms with Crippen molar-refractivity contribution in [3.8, 4) is 11.5 Å². The zero-order chi connectivity index (χ0) is 38.8. The van der Waals surface area contributed by atoms with Gasteiger partial charge in [-0.3, -0.25) is 20.0 Å². The second kappa shape index (κ2) is 22.2. The molecule has 1 fully saturated rings. The highest BCUT2D eigenvalue weighted by atomic mass is 17.1. The molecule has 14 heteroatoms. The van der Waals surface area contributed by atoms with Gasteiger partial charge >= 0.3 is 6.09 Å². The number of carbonyl (C=O) groups excluding carboxylic acids is 2. The number of hydrogen-bond acceptors (Lipinski definition) is 12. The van der Waals surface area contributed by atoms with Crippen molar-refractivity contribution in [1.29, 1.82) is 0 Å². The number of methoxy groups -OCH3 is 2. The molecule has 0 aromatic heterocycles. The van der Waals surface area contributed by atoms with Gasteiger partial charge in [0.25, 0.3) is 0 Å². The van der Waals surface area contributed by atoms with Crippen LogP contribution in [0.2, 0.25) is 0 Å². The van der Waals surface area contributed by atoms with Crippen LogP contribution in [0, 0.1) is 0 Å². The normalized spacial score (nSPS) is 18.1. The van der Waals surface area contributed by atoms with Crippen molar-refractivity contribution >= 4 is 17.7 Å². The minimum absolute atomic E-state index is 0.109. The molecule has 1 saturated heterocycles. The highest BCUT2D eigenvalue weighted by Gasteiger charge is 2.41. The van der Waals surface area contributed by atoms with Gasteiger partial charge < -0.3 is 38.8 Å². The smallest absolute Gasteiger partial charge is 0.410 e. The van der Waals surface area contributed by atoms with Crippen molar-refractivity contribution in [3.05, 3.63) is 89.5 Å². The van der Waals surface area contributed by atoms with E-state index in [-0.39, 0.29) is 43.4 Å². The number of rotatable bonds is 21. The predicted octanol–water partition coefficient (Wildman–Crippen LogP) is 6.09. The summed E-state index contributed by atoms with van der Waals surface area (Å²) in [6.07, 6.45) is 3.39. The van der Waals surface area contributed by atoms with E-state index in [1.807, 2.05) is 66.7 Å². The Balaban J connectivity index is 1.31. The average Bonchev–Trinajstić information content (AvgIpc) is 3.20. The van der Waals surface area contributed by atoms with Crippen LogP contribution < -0.4 is 19.7 Å². The number of ether oxygens (including phenoxy) is 5. The van der Waals surface area contributed by atoms with Crippen LogP contribution in [-0.2, 0) is 37.0 Å². The van der Waals surface area contributed by atoms with E-state index >= 15 is 0 Å². The fourth-order valence-electron chi connectivity index (χ4n) is 7.10. The van der Waals surface area contributed by atoms with E-state index in [9.17, 15) is 9.59 Å². The summed E-state index contributed by atoms with van der Waals surface area (Å²) in [6.45, 7) is 4.27. The molecule has 3 unspecified atom stereocenters. The van der Waals surface area contributed by atoms with Gasteiger partial charge in [-0.2, -0.15) is 0 Å². The average molecular weight is 765 g/mol. The standard InChI is InChI=1S/C41H56N4O10/c1-50-21-10-19-43-20-24-52-38-18-13-32(25-37(38)43)30-54-39-29-44(41(47)53-22-8-3-4-9-23-55-45(48)49)34(26-36(39)33-14-16-35(51-2)17-15-33)27-40(46)42-28-31-11-6-5-7-12-31/h5-7,11-18,25,34,36,39,48-49H,3-4,8-10,19-24,26-30H2,1-2H3,(H,42,46). The first-order valence-corrected chi connectivity index (χ1v) is 19.1. The number of piperidine rings is 1. The first kappa shape index (κ1) is 41.7. The molecule has 3 aromatic rings. The number of unbranched alkanes of at least 4 members (excludes halogenated alkanes) is 3. The Kier molecular flexibility index (Phi) is 16.8. The molecular formula is C41H56N4O10. The van der Waals surface area contributed by atoms with Gasteiger partial charge in [-0.25, -0.2) is 4.79 Å². The Hall–Kier alpha value is -4.44. The number of carbonyl (C=O) groups is 2. The van der Waals surface area contributed by atoms with Crippen LogP contribution in [0.25, 0.3) is 0 Å². The third kappa shape index (κ3) is 13.1. The van der Waals surface area contributed by atoms with E-state index in [2.05, 4.69) is 21.1 Å². The number of nitrogens with zero attached hydrogens (tertiary/aromatic N) is 3. The van der Waals surface area contributed by atoms with Crippen LogP contribution in [0.15, 0.2) is 72.8 Å². The van der Waals surface area contributed by atoms with Crippen LogP contribution >= 0.6 is 0 Å². The summed E-state index contributed by atoms with van der Waals surface area (Å²) in [4.78, 5) is 35.8. The summed E-state index contributed by atoms with van der Waals surface area (Å²) in [6, 6.07) is 23.3. The summed E-state index contributed by atoms with van der Waals surface area (Å²) < 4.78 is 29.2. The van der Waals surface area contributed by atoms with Crippen LogP contribution in [-0.4, -0.2) is 105 Å². The van der Waals surface area contributed by atoms with Gasteiger partial charge in [0, 0.05) is 45.2 Å². The molecule has 0 saturated carbocycles. The molecule has 0 aliphatic carbocycles. The number of nitrogens with one attached hydrogen (secondary N) is 1. The molecule has 300 valence electrons. The van der Waals surface area contributed by atoms with E-state index in [1.165, 1.54) is 0 Å². The van der Waals surface area contributed by atoms with E-state index < -0.39 is 18.2 Å². The monoisotopic (exact) mass is 764 g/mol. The first-order valence-electron chi connectivity index (χ1n) is 19.1. The summed E-state index contributed by atoms with van der Waals surface area (Å²) in [7, 11) is 3.34. The molecule has 2 amide bonds. The zero-order valence-electron chi connectivity index (χ0n) is 32.0. The lowest BCUT2D eigenvalue weighted by molar-refractivity contribution is -0.492. The van der Waals surface area contributed by atoms with Crippen LogP contribution in [0.4, 0.5) is 10.5 Å². The lowest BCUT2D eigenvalue weighted by Gasteiger charge is -2.43. The molecule has 0 bridgehead atoms. The summed E-state index contributed by atoms with van der Waals surface area (Å²) in [5.41, 5.74) is 4.04. The second-order valence-electron chi connectivity index (χ2n) is 13.8. The van der Waals surface area contributed by atoms with Crippen molar-refractivity contribution in [2.24, 2.45) is 0 Å². The molecule has 0 radical (unpaired) electrons. The molecular weight excluding hydrogens is 708 g/mol. The van der Waals surface area contributed by atoms with Crippen molar-refractivity contribution in [3.63, 3.8) is 0 Å². The summed E-state index contributed by atoms with van der Waals surface area (Å²) in [5.74, 6) is 1.31. The molecule has 5 rings (SSSR count). The van der Waals surface area contributed by atoms with Gasteiger partial charge in [0.1, 0.15) is 18.1 Å². The number of anilines is 1. The third-order valence-electron chi connectivity index (χ3n) is 10.0. The zero-order valence-corrected chi connectivity index (χ0v) is 32.0. The highest BCUT2D eigenvalue weighted by molar-refractivity contribution is 5.78. The maximum atomic E-state index is 13.8. The van der Waals surface area contributed by atoms with Crippen LogP contribution in [0.1, 0.15) is 67.6 Å². The molecule has 3 atom stereocenters. The minimum atomic E-state index is -0.486. The maximum Gasteiger partial charge on any atom is 0.410 e. The molecule has 2 aliphatic rings. The number of fused-ring (bicyclic) bond motifs is 1. The van der Waals surface area contributed by atoms with E-state index in [0.717, 1.165) is 66.2 Å². The molecule has 0 spiro atoms. The van der Waals surface area contributed by atoms with Crippen LogP contribution in [0.3, 0.4) is 0 Å². The number of likely N-dealkylation sites (tertiary alicyclic amines) is 1. The summed E-state index contributed by atoms with van der Waals surface area (Å²) in [5, 5.41) is 20.1. The Morgan fingerprint density at radius 3 is 2.44 bits per heavy atom. The number of benzene rings is 3. The van der Waals surface area contributed by atoms with Crippen molar-refractivity contribution < 1.29 is 48.5 Å². The third-order valence-corrected chi connectivity index (χ3v) is 10.0. The molecule has 14 nitrogen and oxygen atoms in total. The Bertz CT molecular complexity index is 1600. The number of amides is 2. The molecule has 3 N–H and O–H groups in total. The Morgan fingerprint density at radius 2 is 1.69 bits per heavy atom. The predicted molar refractivity (Wildman–Crippen MR) is 204 cm³/mol. The molecule has 2 heterocycles. The van der Waals surface area contributed by atoms with E-state index in [4.69, 9.17) is 34.1 Å². The second-order valence-corrected chi connectivity index (χ2v) is 13.8. The molecule has 3 aromatic carbocycles. The quantitative estimate of drug-likeness (QED) is 0.0851. The van der Waals surface area contributed by atoms with Crippen molar-refractivity contribution in [1.82, 2.24) is 15.6 Å².